The van der Waals surface area contributed by atoms with E-state index >= 15 is 0 Å². The summed E-state index contributed by atoms with van der Waals surface area (Å²) >= 11 is 0. The van der Waals surface area contributed by atoms with Gasteiger partial charge in [0.2, 0.25) is 0 Å². The third-order valence-corrected chi connectivity index (χ3v) is 2.88. The predicted octanol–water partition coefficient (Wildman–Crippen LogP) is 3.28. The highest BCUT2D eigenvalue weighted by atomic mass is 16.6. The van der Waals surface area contributed by atoms with Crippen molar-refractivity contribution in [2.45, 2.75) is 47.6 Å². The first-order valence-electron chi connectivity index (χ1n) is 6.68. The van der Waals surface area contributed by atoms with Crippen LogP contribution in [0.1, 0.15) is 41.5 Å². The maximum Gasteiger partial charge on any atom is 0.333 e. The lowest BCUT2D eigenvalue weighted by Crippen LogP contribution is -2.41. The molecule has 0 amide bonds. The van der Waals surface area contributed by atoms with Crippen LogP contribution in [-0.2, 0) is 19.1 Å². The van der Waals surface area contributed by atoms with Crippen LogP contribution >= 0.6 is 0 Å². The molecule has 1 atom stereocenters. The van der Waals surface area contributed by atoms with Gasteiger partial charge in [0.25, 0.3) is 0 Å². The van der Waals surface area contributed by atoms with Crippen LogP contribution in [0.3, 0.4) is 0 Å². The van der Waals surface area contributed by atoms with Crippen molar-refractivity contribution in [3.63, 3.8) is 0 Å². The highest BCUT2D eigenvalue weighted by molar-refractivity contribution is 5.87. The van der Waals surface area contributed by atoms with E-state index in [4.69, 9.17) is 9.47 Å². The van der Waals surface area contributed by atoms with Crippen molar-refractivity contribution in [2.75, 3.05) is 6.61 Å². The minimum atomic E-state index is -0.496. The van der Waals surface area contributed by atoms with Crippen LogP contribution in [0.25, 0.3) is 0 Å². The first-order chi connectivity index (χ1) is 8.99. The molecule has 4 nitrogen and oxygen atoms in total. The van der Waals surface area contributed by atoms with Gasteiger partial charge in [0.05, 0.1) is 0 Å². The summed E-state index contributed by atoms with van der Waals surface area (Å²) in [6, 6.07) is 0. The van der Waals surface area contributed by atoms with Crippen LogP contribution in [0.4, 0.5) is 0 Å². The highest BCUT2D eigenvalue weighted by Crippen LogP contribution is 2.30. The zero-order chi connectivity index (χ0) is 16.1. The Labute approximate surface area is 121 Å². The molecule has 0 saturated carbocycles. The first-order valence-corrected chi connectivity index (χ1v) is 6.68. The Morgan fingerprint density at radius 1 is 1.05 bits per heavy atom. The maximum atomic E-state index is 11.7. The second-order valence-corrected chi connectivity index (χ2v) is 6.20. The summed E-state index contributed by atoms with van der Waals surface area (Å²) in [7, 11) is 0. The average Bonchev–Trinajstić information content (AvgIpc) is 2.31. The monoisotopic (exact) mass is 282 g/mol. The fraction of sp³-hybridized carbons (Fsp3) is 0.625. The summed E-state index contributed by atoms with van der Waals surface area (Å²) in [6.07, 6.45) is -0.371. The molecule has 4 heteroatoms. The Bertz CT molecular complexity index is 405. The number of hydrogen-bond donors (Lipinski definition) is 0. The quantitative estimate of drug-likeness (QED) is 0.531. The predicted molar refractivity (Wildman–Crippen MR) is 79.1 cm³/mol. The number of carbonyl (C=O) groups is 2. The Morgan fingerprint density at radius 3 is 1.85 bits per heavy atom. The van der Waals surface area contributed by atoms with Crippen LogP contribution in [-0.4, -0.2) is 24.6 Å². The molecule has 0 N–H and O–H groups in total. The van der Waals surface area contributed by atoms with E-state index in [1.807, 2.05) is 27.7 Å². The Hall–Kier alpha value is -1.58. The number of rotatable bonds is 7. The first kappa shape index (κ1) is 18.4. The molecule has 0 radical (unpaired) electrons. The largest absolute Gasteiger partial charge is 0.462 e. The van der Waals surface area contributed by atoms with Crippen molar-refractivity contribution in [3.05, 3.63) is 24.3 Å². The van der Waals surface area contributed by atoms with Gasteiger partial charge in [0, 0.05) is 16.6 Å². The SMILES string of the molecule is C=C(C)C(=O)OCC(C)(C)C(OC(=O)C(=C)C)C(C)C. The fourth-order valence-corrected chi connectivity index (χ4v) is 1.87. The molecule has 0 saturated heterocycles. The van der Waals surface area contributed by atoms with E-state index in [2.05, 4.69) is 13.2 Å². The van der Waals surface area contributed by atoms with Crippen molar-refractivity contribution < 1.29 is 19.1 Å². The van der Waals surface area contributed by atoms with Crippen molar-refractivity contribution in [3.8, 4) is 0 Å². The van der Waals surface area contributed by atoms with E-state index in [1.54, 1.807) is 13.8 Å². The lowest BCUT2D eigenvalue weighted by molar-refractivity contribution is -0.160. The maximum absolute atomic E-state index is 11.7. The van der Waals surface area contributed by atoms with E-state index < -0.39 is 17.4 Å². The van der Waals surface area contributed by atoms with Gasteiger partial charge < -0.3 is 9.47 Å². The highest BCUT2D eigenvalue weighted by Gasteiger charge is 2.36. The van der Waals surface area contributed by atoms with Gasteiger partial charge in [-0.1, -0.05) is 40.9 Å². The van der Waals surface area contributed by atoms with Gasteiger partial charge in [-0.2, -0.15) is 0 Å². The summed E-state index contributed by atoms with van der Waals surface area (Å²) in [4.78, 5) is 23.2. The Balaban J connectivity index is 4.88. The molecule has 1 unspecified atom stereocenters. The fourth-order valence-electron chi connectivity index (χ4n) is 1.87. The molecule has 20 heavy (non-hydrogen) atoms. The molecule has 0 rings (SSSR count). The molecule has 0 aliphatic heterocycles. The standard InChI is InChI=1S/C16H26O4/c1-10(2)13(20-15(18)12(5)6)16(7,8)9-19-14(17)11(3)4/h10,13H,3,5,9H2,1-2,4,6-8H3. The molecular formula is C16H26O4. The van der Waals surface area contributed by atoms with E-state index in [9.17, 15) is 9.59 Å². The van der Waals surface area contributed by atoms with Crippen LogP contribution in [0.15, 0.2) is 24.3 Å². The van der Waals surface area contributed by atoms with Gasteiger partial charge in [0.15, 0.2) is 0 Å². The number of carbonyl (C=O) groups excluding carboxylic acids is 2. The molecule has 114 valence electrons. The van der Waals surface area contributed by atoms with Crippen LogP contribution in [0.2, 0.25) is 0 Å². The second-order valence-electron chi connectivity index (χ2n) is 6.20. The van der Waals surface area contributed by atoms with Crippen molar-refractivity contribution >= 4 is 11.9 Å². The zero-order valence-electron chi connectivity index (χ0n) is 13.4. The Morgan fingerprint density at radius 2 is 1.50 bits per heavy atom. The molecular weight excluding hydrogens is 256 g/mol. The number of hydrogen-bond acceptors (Lipinski definition) is 4. The summed E-state index contributed by atoms with van der Waals surface area (Å²) < 4.78 is 10.7. The van der Waals surface area contributed by atoms with Gasteiger partial charge in [-0.3, -0.25) is 0 Å². The van der Waals surface area contributed by atoms with E-state index in [1.165, 1.54) is 0 Å². The van der Waals surface area contributed by atoms with Crippen LogP contribution in [0.5, 0.6) is 0 Å². The van der Waals surface area contributed by atoms with E-state index in [-0.39, 0.29) is 18.6 Å². The second kappa shape index (κ2) is 7.27. The normalized spacial score (nSPS) is 12.8. The molecule has 0 heterocycles. The van der Waals surface area contributed by atoms with Crippen molar-refractivity contribution in [1.82, 2.24) is 0 Å². The Kier molecular flexibility index (Phi) is 6.69. The van der Waals surface area contributed by atoms with Gasteiger partial charge in [0.1, 0.15) is 12.7 Å². The molecule has 0 aromatic rings. The summed E-state index contributed by atoms with van der Waals surface area (Å²) in [5.74, 6) is -0.772. The molecule has 0 bridgehead atoms. The zero-order valence-corrected chi connectivity index (χ0v) is 13.4. The topological polar surface area (TPSA) is 52.6 Å². The smallest absolute Gasteiger partial charge is 0.333 e. The molecule has 0 fully saturated rings. The van der Waals surface area contributed by atoms with E-state index in [0.717, 1.165) is 0 Å². The molecule has 0 aromatic carbocycles. The molecule has 0 aromatic heterocycles. The van der Waals surface area contributed by atoms with Gasteiger partial charge >= 0.3 is 11.9 Å². The minimum absolute atomic E-state index is 0.0943. The van der Waals surface area contributed by atoms with Crippen molar-refractivity contribution in [2.24, 2.45) is 11.3 Å². The third-order valence-electron chi connectivity index (χ3n) is 2.88. The molecule has 0 spiro atoms. The van der Waals surface area contributed by atoms with E-state index in [0.29, 0.717) is 11.1 Å². The number of ether oxygens (including phenoxy) is 2. The van der Waals surface area contributed by atoms with Crippen LogP contribution < -0.4 is 0 Å². The lowest BCUT2D eigenvalue weighted by Gasteiger charge is -2.36. The summed E-state index contributed by atoms with van der Waals surface area (Å²) in [5, 5.41) is 0. The summed E-state index contributed by atoms with van der Waals surface area (Å²) in [5.41, 5.74) is 0.205. The average molecular weight is 282 g/mol. The number of esters is 2. The lowest BCUT2D eigenvalue weighted by atomic mass is 9.81. The van der Waals surface area contributed by atoms with Gasteiger partial charge in [-0.25, -0.2) is 9.59 Å². The molecule has 0 aliphatic carbocycles. The van der Waals surface area contributed by atoms with Crippen LogP contribution in [0, 0.1) is 11.3 Å². The minimum Gasteiger partial charge on any atom is -0.462 e. The third kappa shape index (κ3) is 5.59. The van der Waals surface area contributed by atoms with Crippen molar-refractivity contribution in [1.29, 1.82) is 0 Å². The molecule has 0 aliphatic rings. The van der Waals surface area contributed by atoms with Gasteiger partial charge in [-0.15, -0.1) is 0 Å². The summed E-state index contributed by atoms with van der Waals surface area (Å²) in [6.45, 7) is 18.2. The van der Waals surface area contributed by atoms with Gasteiger partial charge in [-0.05, 0) is 19.8 Å².